The third-order valence-electron chi connectivity index (χ3n) is 5.74. The number of likely N-dealkylation sites (tertiary alicyclic amines) is 1. The van der Waals surface area contributed by atoms with Crippen LogP contribution in [0, 0.1) is 0 Å². The van der Waals surface area contributed by atoms with Crippen LogP contribution in [0.3, 0.4) is 0 Å². The smallest absolute Gasteiger partial charge is 0.408 e. The lowest BCUT2D eigenvalue weighted by Crippen LogP contribution is -2.52. The van der Waals surface area contributed by atoms with Gasteiger partial charge in [-0.15, -0.1) is 0 Å². The Bertz CT molecular complexity index is 880. The van der Waals surface area contributed by atoms with Gasteiger partial charge in [0, 0.05) is 39.8 Å². The summed E-state index contributed by atoms with van der Waals surface area (Å²) in [5.41, 5.74) is 0.0796. The lowest BCUT2D eigenvalue weighted by atomic mass is 10.1. The molecule has 2 rings (SSSR count). The van der Waals surface area contributed by atoms with Crippen molar-refractivity contribution in [2.75, 3.05) is 39.9 Å². The maximum atomic E-state index is 13.6. The molecule has 0 aromatic heterocycles. The lowest BCUT2D eigenvalue weighted by Gasteiger charge is -2.29. The molecule has 0 bridgehead atoms. The van der Waals surface area contributed by atoms with Crippen LogP contribution in [-0.4, -0.2) is 85.2 Å². The van der Waals surface area contributed by atoms with Crippen LogP contribution in [0.2, 0.25) is 0 Å². The second-order valence-corrected chi connectivity index (χ2v) is 10.1. The third kappa shape index (κ3) is 11.6. The minimum atomic E-state index is -1.06. The Morgan fingerprint density at radius 2 is 1.76 bits per heavy atom. The molecule has 0 spiro atoms. The summed E-state index contributed by atoms with van der Waals surface area (Å²) in [6.45, 7) is 7.20. The first-order valence-electron chi connectivity index (χ1n) is 12.8. The van der Waals surface area contributed by atoms with Crippen LogP contribution >= 0.6 is 0 Å². The number of carbonyl (C=O) groups excluding carboxylic acids is 4. The molecule has 206 valence electrons. The number of nitrogens with zero attached hydrogens (tertiary/aromatic N) is 2. The number of ether oxygens (including phenoxy) is 3. The maximum Gasteiger partial charge on any atom is 0.408 e. The van der Waals surface area contributed by atoms with Crippen LogP contribution in [0.4, 0.5) is 4.79 Å². The Labute approximate surface area is 219 Å². The molecule has 10 heteroatoms. The third-order valence-corrected chi connectivity index (χ3v) is 5.74. The van der Waals surface area contributed by atoms with E-state index in [0.717, 1.165) is 18.4 Å². The van der Waals surface area contributed by atoms with Gasteiger partial charge in [0.1, 0.15) is 18.2 Å². The molecule has 1 aliphatic rings. The van der Waals surface area contributed by atoms with Gasteiger partial charge in [0.15, 0.2) is 0 Å². The number of amides is 3. The molecule has 0 aliphatic carbocycles. The molecule has 0 saturated carbocycles. The first-order chi connectivity index (χ1) is 17.6. The fourth-order valence-corrected chi connectivity index (χ4v) is 3.90. The van der Waals surface area contributed by atoms with Crippen LogP contribution in [0.1, 0.15) is 58.4 Å². The van der Waals surface area contributed by atoms with Crippen molar-refractivity contribution in [3.8, 4) is 0 Å². The van der Waals surface area contributed by atoms with Gasteiger partial charge < -0.3 is 29.3 Å². The van der Waals surface area contributed by atoms with Gasteiger partial charge in [-0.2, -0.15) is 0 Å². The zero-order valence-corrected chi connectivity index (χ0v) is 22.5. The highest BCUT2D eigenvalue weighted by atomic mass is 16.6. The van der Waals surface area contributed by atoms with E-state index in [0.29, 0.717) is 26.1 Å². The largest absolute Gasteiger partial charge is 0.461 e. The van der Waals surface area contributed by atoms with E-state index in [9.17, 15) is 19.2 Å². The van der Waals surface area contributed by atoms with Gasteiger partial charge in [0.2, 0.25) is 11.8 Å². The summed E-state index contributed by atoms with van der Waals surface area (Å²) < 4.78 is 15.8. The quantitative estimate of drug-likeness (QED) is 0.315. The molecular weight excluding hydrogens is 478 g/mol. The summed E-state index contributed by atoms with van der Waals surface area (Å²) >= 11 is 0. The number of methoxy groups -OCH3 is 1. The first-order valence-corrected chi connectivity index (χ1v) is 12.8. The van der Waals surface area contributed by atoms with Gasteiger partial charge in [-0.1, -0.05) is 30.3 Å². The predicted octanol–water partition coefficient (Wildman–Crippen LogP) is 2.89. The van der Waals surface area contributed by atoms with E-state index in [1.165, 1.54) is 4.90 Å². The minimum absolute atomic E-state index is 0.00435. The van der Waals surface area contributed by atoms with E-state index >= 15 is 0 Å². The van der Waals surface area contributed by atoms with Crippen molar-refractivity contribution in [2.45, 2.75) is 71.1 Å². The fourth-order valence-electron chi connectivity index (χ4n) is 3.90. The Kier molecular flexibility index (Phi) is 12.4. The molecule has 1 fully saturated rings. The van der Waals surface area contributed by atoms with E-state index in [1.807, 2.05) is 30.3 Å². The molecule has 10 nitrogen and oxygen atoms in total. The SMILES string of the molecule is COCCCN(CC(=O)N1CCCC1)C(=O)[C@H](CCC(=O)OCc1ccccc1)NC(=O)OC(C)(C)C. The van der Waals surface area contributed by atoms with Gasteiger partial charge in [0.05, 0.1) is 6.54 Å². The number of rotatable bonds is 13. The van der Waals surface area contributed by atoms with Crippen LogP contribution in [0.15, 0.2) is 30.3 Å². The number of benzene rings is 1. The van der Waals surface area contributed by atoms with Crippen molar-refractivity contribution in [3.05, 3.63) is 35.9 Å². The molecule has 1 saturated heterocycles. The summed E-state index contributed by atoms with van der Waals surface area (Å²) in [6.07, 6.45) is 1.55. The standard InChI is InChI=1S/C27H41N3O7/c1-27(2,3)37-26(34)28-22(13-14-24(32)36-20-21-11-6-5-7-12-21)25(33)30(17-10-18-35-4)19-23(31)29-15-8-9-16-29/h5-7,11-12,22H,8-10,13-20H2,1-4H3,(H,28,34)/t22-/m0/s1. The van der Waals surface area contributed by atoms with Gasteiger partial charge >= 0.3 is 12.1 Å². The van der Waals surface area contributed by atoms with E-state index in [2.05, 4.69) is 5.32 Å². The highest BCUT2D eigenvalue weighted by Crippen LogP contribution is 2.13. The minimum Gasteiger partial charge on any atom is -0.461 e. The summed E-state index contributed by atoms with van der Waals surface area (Å²) in [5.74, 6) is -1.08. The van der Waals surface area contributed by atoms with E-state index in [4.69, 9.17) is 14.2 Å². The number of nitrogens with one attached hydrogen (secondary N) is 1. The van der Waals surface area contributed by atoms with Crippen molar-refractivity contribution in [2.24, 2.45) is 0 Å². The number of hydrogen-bond donors (Lipinski definition) is 1. The summed E-state index contributed by atoms with van der Waals surface area (Å²) in [7, 11) is 1.56. The molecular formula is C27H41N3O7. The average molecular weight is 520 g/mol. The molecule has 3 amide bonds. The fraction of sp³-hybridized carbons (Fsp3) is 0.630. The Balaban J connectivity index is 2.08. The Morgan fingerprint density at radius 1 is 1.08 bits per heavy atom. The normalized spacial score (nSPS) is 14.1. The molecule has 1 N–H and O–H groups in total. The molecule has 1 atom stereocenters. The monoisotopic (exact) mass is 519 g/mol. The number of alkyl carbamates (subject to hydrolysis) is 1. The van der Waals surface area contributed by atoms with Crippen molar-refractivity contribution in [3.63, 3.8) is 0 Å². The molecule has 1 aliphatic heterocycles. The van der Waals surface area contributed by atoms with Crippen molar-refractivity contribution >= 4 is 23.9 Å². The van der Waals surface area contributed by atoms with Crippen molar-refractivity contribution < 1.29 is 33.4 Å². The Morgan fingerprint density at radius 3 is 2.38 bits per heavy atom. The second-order valence-electron chi connectivity index (χ2n) is 10.1. The number of esters is 1. The van der Waals surface area contributed by atoms with Gasteiger partial charge in [-0.3, -0.25) is 14.4 Å². The number of hydrogen-bond acceptors (Lipinski definition) is 7. The summed E-state index contributed by atoms with van der Waals surface area (Å²) in [6, 6.07) is 8.20. The Hall–Kier alpha value is -3.14. The molecule has 37 heavy (non-hydrogen) atoms. The summed E-state index contributed by atoms with van der Waals surface area (Å²) in [4.78, 5) is 54.5. The average Bonchev–Trinajstić information content (AvgIpc) is 3.39. The van der Waals surface area contributed by atoms with Crippen LogP contribution < -0.4 is 5.32 Å². The zero-order valence-electron chi connectivity index (χ0n) is 22.5. The van der Waals surface area contributed by atoms with E-state index < -0.39 is 29.6 Å². The topological polar surface area (TPSA) is 114 Å². The zero-order chi connectivity index (χ0) is 27.3. The second kappa shape index (κ2) is 15.2. The summed E-state index contributed by atoms with van der Waals surface area (Å²) in [5, 5.41) is 2.60. The highest BCUT2D eigenvalue weighted by Gasteiger charge is 2.31. The van der Waals surface area contributed by atoms with Gasteiger partial charge in [-0.05, 0) is 52.0 Å². The lowest BCUT2D eigenvalue weighted by molar-refractivity contribution is -0.146. The molecule has 1 aromatic carbocycles. The molecule has 0 unspecified atom stereocenters. The molecule has 1 heterocycles. The van der Waals surface area contributed by atoms with E-state index in [1.54, 1.807) is 32.8 Å². The van der Waals surface area contributed by atoms with Crippen LogP contribution in [0.5, 0.6) is 0 Å². The molecule has 1 aromatic rings. The maximum absolute atomic E-state index is 13.6. The van der Waals surface area contributed by atoms with Gasteiger partial charge in [-0.25, -0.2) is 4.79 Å². The van der Waals surface area contributed by atoms with Crippen LogP contribution in [-0.2, 0) is 35.2 Å². The predicted molar refractivity (Wildman–Crippen MR) is 138 cm³/mol. The van der Waals surface area contributed by atoms with Crippen molar-refractivity contribution in [1.29, 1.82) is 0 Å². The molecule has 0 radical (unpaired) electrons. The first kappa shape index (κ1) is 30.1. The van der Waals surface area contributed by atoms with Crippen LogP contribution in [0.25, 0.3) is 0 Å². The highest BCUT2D eigenvalue weighted by molar-refractivity contribution is 5.90. The van der Waals surface area contributed by atoms with Crippen molar-refractivity contribution in [1.82, 2.24) is 15.1 Å². The van der Waals surface area contributed by atoms with E-state index in [-0.39, 0.29) is 38.4 Å². The van der Waals surface area contributed by atoms with Gasteiger partial charge in [0.25, 0.3) is 0 Å². The number of carbonyl (C=O) groups is 4.